The van der Waals surface area contributed by atoms with Gasteiger partial charge in [0.05, 0.1) is 42.0 Å². The van der Waals surface area contributed by atoms with Gasteiger partial charge >= 0.3 is 5.97 Å². The number of ketones is 1. The molecule has 0 radical (unpaired) electrons. The molecule has 0 amide bonds. The molecule has 7 aliphatic rings. The van der Waals surface area contributed by atoms with Crippen molar-refractivity contribution >= 4 is 11.8 Å². The normalized spacial score (nSPS) is 52.7. The van der Waals surface area contributed by atoms with Crippen molar-refractivity contribution < 1.29 is 67.9 Å². The predicted molar refractivity (Wildman–Crippen MR) is 199 cm³/mol. The predicted octanol–water partition coefficient (Wildman–Crippen LogP) is 3.27. The van der Waals surface area contributed by atoms with Gasteiger partial charge in [-0.05, 0) is 72.6 Å². The molecule has 0 aromatic rings. The lowest BCUT2D eigenvalue weighted by Gasteiger charge is -2.67. The van der Waals surface area contributed by atoms with E-state index in [1.54, 1.807) is 28.1 Å². The Morgan fingerprint density at radius 3 is 2.14 bits per heavy atom. The van der Waals surface area contributed by atoms with Crippen LogP contribution in [0, 0.1) is 22.7 Å². The third-order valence-corrected chi connectivity index (χ3v) is 16.1. The van der Waals surface area contributed by atoms with E-state index in [4.69, 9.17) is 37.9 Å². The van der Waals surface area contributed by atoms with E-state index in [1.807, 2.05) is 27.7 Å². The fourth-order valence-electron chi connectivity index (χ4n) is 12.2. The summed E-state index contributed by atoms with van der Waals surface area (Å²) < 4.78 is 49.7. The number of hydrogen-bond donors (Lipinski definition) is 4. The first-order valence-electron chi connectivity index (χ1n) is 20.7. The van der Waals surface area contributed by atoms with E-state index in [0.717, 1.165) is 5.57 Å². The number of epoxide rings is 1. The fraction of sp³-hybridized carbons (Fsp3) is 0.905. The average Bonchev–Trinajstić information content (AvgIpc) is 3.77. The number of methoxy groups -OCH3 is 2. The lowest BCUT2D eigenvalue weighted by Crippen LogP contribution is -2.80. The Bertz CT molecular complexity index is 1550. The number of allylic oxidation sites excluding steroid dienone is 1. The molecular weight excluding hydrogens is 728 g/mol. The van der Waals surface area contributed by atoms with Gasteiger partial charge in [-0.1, -0.05) is 26.3 Å². The van der Waals surface area contributed by atoms with E-state index in [1.165, 1.54) is 13.0 Å². The molecule has 0 bridgehead atoms. The highest BCUT2D eigenvalue weighted by Crippen LogP contribution is 2.77. The van der Waals surface area contributed by atoms with Crippen molar-refractivity contribution in [2.75, 3.05) is 14.2 Å². The van der Waals surface area contributed by atoms with E-state index >= 15 is 0 Å². The lowest BCUT2D eigenvalue weighted by atomic mass is 9.40. The Labute approximate surface area is 330 Å². The molecule has 3 aliphatic heterocycles. The molecule has 1 spiro atoms. The first-order chi connectivity index (χ1) is 26.1. The molecule has 0 aromatic carbocycles. The standard InChI is InChI=1S/C42H66O14/c1-21(2)22(3)15-32(44)54-30-18-29-37(7)12-11-26(19-41(37)31(56-41)20-40(29,47)42(48)14-13-39(46,25(6)43)38(30,42)8)53-33-17-28(50-10)36(24(5)52-33)55-34-16-27(49-9)35(45)23(4)51-34/h15,21,23-24,26-31,33-36,45-48H,11-14,16-20H2,1-10H3/b22-15+/t23-,24-,26+,27+,28+,29-,30-,31+,33+,34+,35-,36-,37-,38-,39-,40+,41+,42-/m1/s1. The number of carbonyl (C=O) groups excluding carboxylic acids is 2. The monoisotopic (exact) mass is 794 g/mol. The van der Waals surface area contributed by atoms with Crippen LogP contribution in [0.25, 0.3) is 0 Å². The number of hydrogen-bond acceptors (Lipinski definition) is 14. The molecule has 14 heteroatoms. The van der Waals surface area contributed by atoms with Gasteiger partial charge in [0, 0.05) is 57.3 Å². The maximum Gasteiger partial charge on any atom is 0.330 e. The highest BCUT2D eigenvalue weighted by molar-refractivity contribution is 5.87. The second kappa shape index (κ2) is 14.6. The fourth-order valence-corrected chi connectivity index (χ4v) is 12.2. The third-order valence-electron chi connectivity index (χ3n) is 16.1. The van der Waals surface area contributed by atoms with Crippen LogP contribution in [0.5, 0.6) is 0 Å². The minimum atomic E-state index is -2.02. The molecule has 14 nitrogen and oxygen atoms in total. The van der Waals surface area contributed by atoms with Crippen LogP contribution in [0.15, 0.2) is 11.6 Å². The quantitative estimate of drug-likeness (QED) is 0.109. The number of fused-ring (bicyclic) bond motifs is 4. The van der Waals surface area contributed by atoms with E-state index in [9.17, 15) is 30.0 Å². The molecule has 4 N–H and O–H groups in total. The second-order valence-corrected chi connectivity index (χ2v) is 18.9. The van der Waals surface area contributed by atoms with Crippen molar-refractivity contribution in [3.8, 4) is 0 Å². The molecule has 7 rings (SSSR count). The molecule has 0 unspecified atom stereocenters. The van der Waals surface area contributed by atoms with Gasteiger partial charge in [-0.15, -0.1) is 0 Å². The number of carbonyl (C=O) groups is 2. The summed E-state index contributed by atoms with van der Waals surface area (Å²) in [6, 6.07) is 0. The Balaban J connectivity index is 1.09. The highest BCUT2D eigenvalue weighted by atomic mass is 16.7. The number of rotatable bonds is 10. The number of Topliss-reactive ketones (excluding diaryl/α,β-unsaturated/α-hetero) is 1. The average molecular weight is 795 g/mol. The van der Waals surface area contributed by atoms with Crippen LogP contribution in [-0.4, -0.2) is 136 Å². The second-order valence-electron chi connectivity index (χ2n) is 18.9. The molecule has 18 atom stereocenters. The maximum absolute atomic E-state index is 13.5. The number of esters is 1. The largest absolute Gasteiger partial charge is 0.458 e. The summed E-state index contributed by atoms with van der Waals surface area (Å²) in [5.41, 5.74) is -7.90. The van der Waals surface area contributed by atoms with Gasteiger partial charge in [0.25, 0.3) is 0 Å². The molecule has 318 valence electrons. The summed E-state index contributed by atoms with van der Waals surface area (Å²) >= 11 is 0. The molecule has 56 heavy (non-hydrogen) atoms. The van der Waals surface area contributed by atoms with Gasteiger partial charge in [-0.25, -0.2) is 4.79 Å². The molecule has 4 saturated carbocycles. The summed E-state index contributed by atoms with van der Waals surface area (Å²) in [5.74, 6) is -1.62. The Hall–Kier alpha value is -1.56. The number of aliphatic hydroxyl groups is 4. The lowest BCUT2D eigenvalue weighted by molar-refractivity contribution is -0.331. The number of ether oxygens (including phenoxy) is 8. The summed E-state index contributed by atoms with van der Waals surface area (Å²) in [6.07, 6.45) is -1.60. The topological polar surface area (TPSA) is 192 Å². The Kier molecular flexibility index (Phi) is 11.1. The first kappa shape index (κ1) is 42.6. The van der Waals surface area contributed by atoms with Crippen LogP contribution in [-0.2, 0) is 47.5 Å². The van der Waals surface area contributed by atoms with Gasteiger partial charge in [0.2, 0.25) is 0 Å². The zero-order valence-corrected chi connectivity index (χ0v) is 34.8. The van der Waals surface area contributed by atoms with E-state index in [0.29, 0.717) is 32.1 Å². The van der Waals surface area contributed by atoms with Crippen LogP contribution in [0.1, 0.15) is 113 Å². The number of aliphatic hydroxyl groups excluding tert-OH is 1. The van der Waals surface area contributed by atoms with Gasteiger partial charge in [-0.2, -0.15) is 0 Å². The molecule has 3 saturated heterocycles. The van der Waals surface area contributed by atoms with E-state index in [2.05, 4.69) is 6.92 Å². The van der Waals surface area contributed by atoms with Gasteiger partial charge in [-0.3, -0.25) is 4.79 Å². The summed E-state index contributed by atoms with van der Waals surface area (Å²) in [6.45, 7) is 14.5. The van der Waals surface area contributed by atoms with Crippen molar-refractivity contribution in [1.82, 2.24) is 0 Å². The van der Waals surface area contributed by atoms with Gasteiger partial charge in [0.15, 0.2) is 18.4 Å². The maximum atomic E-state index is 13.5. The zero-order chi connectivity index (χ0) is 41.0. The van der Waals surface area contributed by atoms with Crippen LogP contribution >= 0.6 is 0 Å². The van der Waals surface area contributed by atoms with Crippen LogP contribution in [0.3, 0.4) is 0 Å². The molecular formula is C42H66O14. The minimum Gasteiger partial charge on any atom is -0.458 e. The van der Waals surface area contributed by atoms with E-state index in [-0.39, 0.29) is 43.8 Å². The van der Waals surface area contributed by atoms with Crippen molar-refractivity contribution in [2.45, 2.75) is 203 Å². The molecule has 7 fully saturated rings. The third kappa shape index (κ3) is 6.13. The Morgan fingerprint density at radius 1 is 0.857 bits per heavy atom. The summed E-state index contributed by atoms with van der Waals surface area (Å²) in [5, 5.41) is 48.4. The smallest absolute Gasteiger partial charge is 0.330 e. The van der Waals surface area contributed by atoms with Crippen LogP contribution in [0.2, 0.25) is 0 Å². The van der Waals surface area contributed by atoms with Crippen molar-refractivity contribution in [1.29, 1.82) is 0 Å². The zero-order valence-electron chi connectivity index (χ0n) is 34.8. The SMILES string of the molecule is CO[C@H]1C[C@H](O[C@H]2[C@@H](OC)C[C@H](O[C@H]3CC[C@]4(C)[C@H]5C[C@@H](OC(=O)/C=C(\C)C(C)C)[C@@]6(C)[C@](O)(CC[C@@]6(O)C(C)=O)[C@]5(O)C[C@@H]5O[C@@]54C3)O[C@@H]2C)O[C@H](C)[C@H]1O. The Morgan fingerprint density at radius 2 is 1.50 bits per heavy atom. The summed E-state index contributed by atoms with van der Waals surface area (Å²) in [7, 11) is 3.20. The van der Waals surface area contributed by atoms with Gasteiger partial charge in [0.1, 0.15) is 40.7 Å². The van der Waals surface area contributed by atoms with Crippen molar-refractivity contribution in [3.63, 3.8) is 0 Å². The molecule has 4 aliphatic carbocycles. The highest BCUT2D eigenvalue weighted by Gasteiger charge is 2.87. The molecule has 0 aromatic heterocycles. The van der Waals surface area contributed by atoms with Crippen LogP contribution < -0.4 is 0 Å². The first-order valence-corrected chi connectivity index (χ1v) is 20.7. The van der Waals surface area contributed by atoms with Crippen molar-refractivity contribution in [3.05, 3.63) is 11.6 Å². The van der Waals surface area contributed by atoms with Gasteiger partial charge < -0.3 is 58.3 Å². The molecule has 3 heterocycles. The van der Waals surface area contributed by atoms with Crippen molar-refractivity contribution in [2.24, 2.45) is 22.7 Å². The van der Waals surface area contributed by atoms with E-state index < -0.39 is 106 Å². The minimum absolute atomic E-state index is 0.0353. The van der Waals surface area contributed by atoms with Crippen LogP contribution in [0.4, 0.5) is 0 Å². The summed E-state index contributed by atoms with van der Waals surface area (Å²) in [4.78, 5) is 26.7.